The summed E-state index contributed by atoms with van der Waals surface area (Å²) in [4.78, 5) is 0. The molecule has 0 atom stereocenters. The Balaban J connectivity index is -0.0000000104. The van der Waals surface area contributed by atoms with Crippen LogP contribution in [0.4, 0.5) is 0 Å². The first-order valence-corrected chi connectivity index (χ1v) is 2.73. The summed E-state index contributed by atoms with van der Waals surface area (Å²) in [6.45, 7) is 0. The second-order valence-corrected chi connectivity index (χ2v) is 1.53. The van der Waals surface area contributed by atoms with Crippen LogP contribution in [0.15, 0.2) is 0 Å². The van der Waals surface area contributed by atoms with Gasteiger partial charge in [0.05, 0.1) is 7.32 Å². The van der Waals surface area contributed by atoms with E-state index in [1.165, 1.54) is 0 Å². The zero-order valence-electron chi connectivity index (χ0n) is 6.11. The molecule has 0 aliphatic rings. The van der Waals surface area contributed by atoms with Crippen LogP contribution in [0.5, 0.6) is 0 Å². The fraction of sp³-hybridized carbons (Fsp3) is 0. The van der Waals surface area contributed by atoms with Gasteiger partial charge in [-0.1, -0.05) is 0 Å². The molecule has 80 valence electrons. The molecule has 0 aliphatic carbocycles. The smallest absolute Gasteiger partial charge is 0.871 e. The van der Waals surface area contributed by atoms with Crippen molar-refractivity contribution in [3.8, 4) is 0 Å². The van der Waals surface area contributed by atoms with Crippen LogP contribution in [0.3, 0.4) is 0 Å². The molecule has 0 saturated carbocycles. The Kier molecular flexibility index (Phi) is 77.1. The van der Waals surface area contributed by atoms with Gasteiger partial charge >= 0.3 is 55.1 Å². The maximum Gasteiger partial charge on any atom is 3.00 e. The van der Waals surface area contributed by atoms with E-state index in [1.807, 2.05) is 0 Å². The number of hydrogen-bond donors (Lipinski definition) is 1. The van der Waals surface area contributed by atoms with Gasteiger partial charge in [-0.05, 0) is 11.0 Å². The Bertz CT molecular complexity index is 136. The van der Waals surface area contributed by atoms with E-state index in [0.717, 1.165) is 0 Å². The summed E-state index contributed by atoms with van der Waals surface area (Å²) in [7, 11) is -7.83. The predicted molar refractivity (Wildman–Crippen MR) is 46.8 cm³/mol. The SMILES string of the molecule is O.O=S(=O)([O-])[O-].[Al+3].[Ca+2].[O-]B([O-])O.[OH-].[SiH4]. The minimum Gasteiger partial charge on any atom is -0.871 e. The largest absolute Gasteiger partial charge is 3.00 e. The van der Waals surface area contributed by atoms with Gasteiger partial charge in [-0.3, -0.25) is 8.42 Å². The predicted octanol–water partition coefficient (Wildman–Crippen LogP) is -7.87. The van der Waals surface area contributed by atoms with E-state index in [1.54, 1.807) is 0 Å². The third-order valence-electron chi connectivity index (χ3n) is 0. The van der Waals surface area contributed by atoms with Crippen molar-refractivity contribution in [3.63, 3.8) is 0 Å². The Morgan fingerprint density at radius 3 is 1.14 bits per heavy atom. The van der Waals surface area contributed by atoms with Crippen molar-refractivity contribution in [2.45, 2.75) is 0 Å². The van der Waals surface area contributed by atoms with Gasteiger partial charge in [0.15, 0.2) is 0 Å². The first-order chi connectivity index (χ1) is 3.73. The molecule has 9 nitrogen and oxygen atoms in total. The molecule has 0 fully saturated rings. The van der Waals surface area contributed by atoms with Crippen molar-refractivity contribution in [2.24, 2.45) is 0 Å². The monoisotopic (exact) mass is 290 g/mol. The van der Waals surface area contributed by atoms with Crippen LogP contribution in [-0.4, -0.2) is 107 Å². The van der Waals surface area contributed by atoms with Crippen molar-refractivity contribution in [1.82, 2.24) is 0 Å². The minimum atomic E-state index is -5.17. The first kappa shape index (κ1) is 44.8. The standard InChI is InChI=1S/Al.BHO3.Ca.H2O4S.2H2O.H4Si/c;2-1(3)4;;1-5(2,3)4;;;/h;2H;;(H2,1,2,3,4);2*1H2;1H4/q+3;-2;+2;;;;/p-3. The fourth-order valence-corrected chi connectivity index (χ4v) is 0. The van der Waals surface area contributed by atoms with Crippen LogP contribution in [-0.2, 0) is 10.4 Å². The second-order valence-electron chi connectivity index (χ2n) is 0.715. The third-order valence-corrected chi connectivity index (χ3v) is 0. The molecule has 0 aromatic carbocycles. The zero-order chi connectivity index (χ0) is 8.08. The van der Waals surface area contributed by atoms with Crippen LogP contribution in [0.25, 0.3) is 0 Å². The quantitative estimate of drug-likeness (QED) is 0.256. The molecule has 0 amide bonds. The molecule has 4 N–H and O–H groups in total. The Morgan fingerprint density at radius 2 is 1.14 bits per heavy atom. The van der Waals surface area contributed by atoms with Crippen LogP contribution in [0, 0.1) is 0 Å². The van der Waals surface area contributed by atoms with E-state index < -0.39 is 17.7 Å². The molecule has 0 aliphatic heterocycles. The maximum absolute atomic E-state index is 8.53. The van der Waals surface area contributed by atoms with Gasteiger partial charge in [-0.2, -0.15) is 0 Å². The van der Waals surface area contributed by atoms with E-state index >= 15 is 0 Å². The molecule has 0 aromatic rings. The molecule has 0 aromatic heterocycles. The number of hydrogen-bond acceptors (Lipinski definition) is 8. The minimum absolute atomic E-state index is 0. The van der Waals surface area contributed by atoms with Crippen LogP contribution < -0.4 is 10.0 Å². The zero-order valence-corrected chi connectivity index (χ0v) is 10.3. The van der Waals surface area contributed by atoms with Gasteiger partial charge in [0.25, 0.3) is 0 Å². The molecule has 0 rings (SSSR count). The van der Waals surface area contributed by atoms with Crippen molar-refractivity contribution in [1.29, 1.82) is 0 Å². The Labute approximate surface area is 126 Å². The fourth-order valence-electron chi connectivity index (χ4n) is 0. The molecule has 0 radical (unpaired) electrons. The van der Waals surface area contributed by atoms with Crippen LogP contribution in [0.1, 0.15) is 0 Å². The summed E-state index contributed by atoms with van der Waals surface area (Å²) in [6.07, 6.45) is 0. The molecule has 0 bridgehead atoms. The second kappa shape index (κ2) is 24.1. The van der Waals surface area contributed by atoms with E-state index in [0.29, 0.717) is 0 Å². The van der Waals surface area contributed by atoms with Crippen molar-refractivity contribution in [2.75, 3.05) is 0 Å². The first-order valence-electron chi connectivity index (χ1n) is 1.40. The van der Waals surface area contributed by atoms with E-state index in [9.17, 15) is 0 Å². The summed E-state index contributed by atoms with van der Waals surface area (Å²) >= 11 is 0. The number of rotatable bonds is 0. The maximum atomic E-state index is 8.53. The molecule has 0 spiro atoms. The van der Waals surface area contributed by atoms with Crippen molar-refractivity contribution < 1.29 is 43.5 Å². The van der Waals surface area contributed by atoms with E-state index in [-0.39, 0.29) is 77.0 Å². The van der Waals surface area contributed by atoms with Gasteiger partial charge in [0.1, 0.15) is 0 Å². The Morgan fingerprint density at radius 1 is 1.14 bits per heavy atom. The molecule has 0 heterocycles. The molecule has 0 unspecified atom stereocenters. The van der Waals surface area contributed by atoms with Crippen LogP contribution in [0.2, 0.25) is 0 Å². The van der Waals surface area contributed by atoms with Gasteiger partial charge < -0.3 is 35.1 Å². The van der Waals surface area contributed by atoms with E-state index in [4.69, 9.17) is 32.6 Å². The summed E-state index contributed by atoms with van der Waals surface area (Å²) in [6, 6.07) is 0. The summed E-state index contributed by atoms with van der Waals surface area (Å²) in [5.41, 5.74) is 0. The average Bonchev–Trinajstić information content (AvgIpc) is 1.19. The topological polar surface area (TPSA) is 208 Å². The molecular weight excluding hydrogens is 282 g/mol. The van der Waals surface area contributed by atoms with Gasteiger partial charge in [0.2, 0.25) is 0 Å². The Hall–Kier alpha value is 1.74. The third kappa shape index (κ3) is 734. The molecule has 0 saturated heterocycles. The molecular formula is H8AlBCaO9SSi. The summed E-state index contributed by atoms with van der Waals surface area (Å²) < 4.78 is 34.1. The average molecular weight is 290 g/mol. The van der Waals surface area contributed by atoms with Crippen LogP contribution >= 0.6 is 0 Å². The molecule has 14 heteroatoms. The summed E-state index contributed by atoms with van der Waals surface area (Å²) in [5, 5.41) is 24.0. The van der Waals surface area contributed by atoms with Crippen molar-refractivity contribution in [3.05, 3.63) is 0 Å². The van der Waals surface area contributed by atoms with Crippen molar-refractivity contribution >= 4 is 83.8 Å². The summed E-state index contributed by atoms with van der Waals surface area (Å²) in [5.74, 6) is 0. The van der Waals surface area contributed by atoms with Gasteiger partial charge in [-0.25, -0.2) is 0 Å². The van der Waals surface area contributed by atoms with Gasteiger partial charge in [0, 0.05) is 10.4 Å². The normalized spacial score (nSPS) is 6.07. The van der Waals surface area contributed by atoms with E-state index in [2.05, 4.69) is 0 Å². The molecule has 14 heavy (non-hydrogen) atoms. The van der Waals surface area contributed by atoms with Gasteiger partial charge in [-0.15, -0.1) is 0 Å².